The van der Waals surface area contributed by atoms with Gasteiger partial charge in [-0.25, -0.2) is 4.79 Å². The first kappa shape index (κ1) is 31.9. The summed E-state index contributed by atoms with van der Waals surface area (Å²) in [5.74, 6) is -0.548. The molecular weight excluding hydrogens is 619 g/mol. The molecule has 0 radical (unpaired) electrons. The summed E-state index contributed by atoms with van der Waals surface area (Å²) >= 11 is 7.05. The lowest BCUT2D eigenvalue weighted by Gasteiger charge is -2.41. The van der Waals surface area contributed by atoms with Crippen molar-refractivity contribution in [3.05, 3.63) is 69.2 Å². The summed E-state index contributed by atoms with van der Waals surface area (Å²) < 4.78 is 53.1. The summed E-state index contributed by atoms with van der Waals surface area (Å²) in [6, 6.07) is 8.54. The average Bonchev–Trinajstić information content (AvgIpc) is 3.57. The van der Waals surface area contributed by atoms with Crippen molar-refractivity contribution in [2.75, 3.05) is 33.4 Å². The molecule has 1 N–H and O–H groups in total. The van der Waals surface area contributed by atoms with Crippen LogP contribution in [0.2, 0.25) is 5.02 Å². The summed E-state index contributed by atoms with van der Waals surface area (Å²) in [7, 11) is 1.54. The first-order chi connectivity index (χ1) is 20.7. The third-order valence-corrected chi connectivity index (χ3v) is 8.52. The Balaban J connectivity index is 1.48. The largest absolute Gasteiger partial charge is 0.444 e. The van der Waals surface area contributed by atoms with Crippen molar-refractivity contribution in [3.63, 3.8) is 0 Å². The molecule has 0 aliphatic carbocycles. The van der Waals surface area contributed by atoms with E-state index in [4.69, 9.17) is 21.1 Å². The maximum atomic E-state index is 14.0. The van der Waals surface area contributed by atoms with Crippen LogP contribution in [-0.4, -0.2) is 82.2 Å². The minimum Gasteiger partial charge on any atom is -0.444 e. The molecule has 0 unspecified atom stereocenters. The number of aromatic nitrogens is 2. The fourth-order valence-corrected chi connectivity index (χ4v) is 6.37. The molecule has 1 saturated heterocycles. The number of allylic oxidation sites excluding steroid dienone is 1. The van der Waals surface area contributed by atoms with Crippen molar-refractivity contribution in [2.24, 2.45) is 4.99 Å². The third kappa shape index (κ3) is 7.05. The van der Waals surface area contributed by atoms with Crippen LogP contribution in [0.5, 0.6) is 0 Å². The zero-order chi connectivity index (χ0) is 31.8. The van der Waals surface area contributed by atoms with Crippen LogP contribution >= 0.6 is 23.4 Å². The molecule has 9 nitrogen and oxygen atoms in total. The number of piperazine rings is 1. The number of fused-ring (bicyclic) bond motifs is 1. The fraction of sp³-hybridized carbons (Fsp3) is 0.400. The molecule has 14 heteroatoms. The number of nitrogens with zero attached hydrogens (tertiary/aromatic N) is 4. The highest BCUT2D eigenvalue weighted by Crippen LogP contribution is 2.41. The summed E-state index contributed by atoms with van der Waals surface area (Å²) in [5.41, 5.74) is 0.149. The number of aromatic amines is 1. The SMILES string of the molecule is COC[C@@H]1CN(C2=NC(=O)C(=C(Cc3ccc(Cl)cc3C(F)(F)F)c3ccc4[nH]ncc4c3)S2)CCN1C(=O)OC(C)(C)C. The van der Waals surface area contributed by atoms with Crippen molar-refractivity contribution in [3.8, 4) is 0 Å². The quantitative estimate of drug-likeness (QED) is 0.320. The van der Waals surface area contributed by atoms with Gasteiger partial charge in [0.2, 0.25) is 0 Å². The van der Waals surface area contributed by atoms with E-state index in [2.05, 4.69) is 15.2 Å². The number of nitrogens with one attached hydrogen (secondary N) is 1. The Kier molecular flexibility index (Phi) is 9.01. The molecule has 0 saturated carbocycles. The molecule has 2 aliphatic heterocycles. The minimum absolute atomic E-state index is 0.0234. The number of thioether (sulfide) groups is 1. The van der Waals surface area contributed by atoms with E-state index in [1.54, 1.807) is 50.1 Å². The smallest absolute Gasteiger partial charge is 0.416 e. The predicted octanol–water partition coefficient (Wildman–Crippen LogP) is 6.39. The van der Waals surface area contributed by atoms with Gasteiger partial charge in [0.05, 0.1) is 34.8 Å². The van der Waals surface area contributed by atoms with Crippen LogP contribution in [0, 0.1) is 0 Å². The fourth-order valence-electron chi connectivity index (χ4n) is 5.15. The van der Waals surface area contributed by atoms with Crippen molar-refractivity contribution < 1.29 is 32.2 Å². The van der Waals surface area contributed by atoms with Gasteiger partial charge in [0, 0.05) is 37.2 Å². The van der Waals surface area contributed by atoms with Crippen molar-refractivity contribution >= 4 is 57.0 Å². The number of amides is 2. The highest BCUT2D eigenvalue weighted by Gasteiger charge is 2.38. The highest BCUT2D eigenvalue weighted by atomic mass is 35.5. The van der Waals surface area contributed by atoms with Gasteiger partial charge in [-0.3, -0.25) is 14.8 Å². The molecule has 44 heavy (non-hydrogen) atoms. The first-order valence-corrected chi connectivity index (χ1v) is 15.0. The number of amidine groups is 1. The molecule has 0 spiro atoms. The van der Waals surface area contributed by atoms with Crippen LogP contribution in [-0.2, 0) is 26.9 Å². The second-order valence-electron chi connectivity index (χ2n) is 11.5. The molecule has 2 aromatic carbocycles. The monoisotopic (exact) mass is 649 g/mol. The Morgan fingerprint density at radius 2 is 1.93 bits per heavy atom. The molecular formula is C30H31ClF3N5O4S. The molecule has 1 fully saturated rings. The van der Waals surface area contributed by atoms with Gasteiger partial charge >= 0.3 is 12.3 Å². The summed E-state index contributed by atoms with van der Waals surface area (Å²) in [5, 5.41) is 8.00. The molecule has 3 heterocycles. The average molecular weight is 650 g/mol. The maximum absolute atomic E-state index is 14.0. The summed E-state index contributed by atoms with van der Waals surface area (Å²) in [6.07, 6.45) is -3.69. The van der Waals surface area contributed by atoms with Gasteiger partial charge < -0.3 is 14.4 Å². The standard InChI is InChI=1S/C30H31ClF3N5O4S/c1-29(2,3)43-28(41)39-10-9-38(15-21(39)16-42-4)27-36-26(40)25(44-27)22(17-6-8-24-19(11-17)14-35-37-24)12-18-5-7-20(31)13-23(18)30(32,33)34/h5-8,11,13-14,21H,9-10,12,15-16H2,1-4H3,(H,35,37)/t21-/m0/s1. The minimum atomic E-state index is -4.65. The Morgan fingerprint density at radius 3 is 2.64 bits per heavy atom. The Bertz CT molecular complexity index is 1650. The van der Waals surface area contributed by atoms with Crippen LogP contribution in [0.1, 0.15) is 37.5 Å². The van der Waals surface area contributed by atoms with Crippen LogP contribution in [0.15, 0.2) is 52.5 Å². The van der Waals surface area contributed by atoms with Crippen molar-refractivity contribution in [1.29, 1.82) is 0 Å². The van der Waals surface area contributed by atoms with Crippen LogP contribution in [0.25, 0.3) is 16.5 Å². The maximum Gasteiger partial charge on any atom is 0.416 e. The molecule has 1 aromatic heterocycles. The van der Waals surface area contributed by atoms with E-state index >= 15 is 0 Å². The van der Waals surface area contributed by atoms with Gasteiger partial charge in [-0.1, -0.05) is 23.7 Å². The zero-order valence-corrected chi connectivity index (χ0v) is 26.1. The number of methoxy groups -OCH3 is 1. The predicted molar refractivity (Wildman–Crippen MR) is 163 cm³/mol. The number of hydrogen-bond donors (Lipinski definition) is 1. The van der Waals surface area contributed by atoms with Crippen LogP contribution in [0.3, 0.4) is 0 Å². The summed E-state index contributed by atoms with van der Waals surface area (Å²) in [4.78, 5) is 34.4. The van der Waals surface area contributed by atoms with Gasteiger partial charge in [-0.05, 0) is 79.9 Å². The zero-order valence-electron chi connectivity index (χ0n) is 24.5. The number of carbonyl (C=O) groups excluding carboxylic acids is 2. The number of alkyl halides is 3. The topological polar surface area (TPSA) is 100 Å². The lowest BCUT2D eigenvalue weighted by atomic mass is 9.93. The van der Waals surface area contributed by atoms with Gasteiger partial charge in [0.15, 0.2) is 5.17 Å². The Hall–Kier alpha value is -3.55. The number of benzene rings is 2. The van der Waals surface area contributed by atoms with Crippen molar-refractivity contribution in [1.82, 2.24) is 20.0 Å². The molecule has 2 amide bonds. The second kappa shape index (κ2) is 12.4. The first-order valence-electron chi connectivity index (χ1n) is 13.8. The van der Waals surface area contributed by atoms with E-state index in [1.807, 2.05) is 4.90 Å². The second-order valence-corrected chi connectivity index (χ2v) is 12.9. The van der Waals surface area contributed by atoms with Crippen LogP contribution in [0.4, 0.5) is 18.0 Å². The number of H-pyrrole nitrogens is 1. The van der Waals surface area contributed by atoms with E-state index in [0.717, 1.165) is 28.7 Å². The number of hydrogen-bond acceptors (Lipinski definition) is 7. The molecule has 1 atom stereocenters. The Labute approximate surface area is 261 Å². The molecule has 5 rings (SSSR count). The molecule has 234 valence electrons. The molecule has 2 aliphatic rings. The van der Waals surface area contributed by atoms with Gasteiger partial charge in [-0.2, -0.15) is 23.3 Å². The van der Waals surface area contributed by atoms with E-state index in [1.165, 1.54) is 19.2 Å². The third-order valence-electron chi connectivity index (χ3n) is 7.13. The van der Waals surface area contributed by atoms with Gasteiger partial charge in [0.1, 0.15) is 5.60 Å². The van der Waals surface area contributed by atoms with Gasteiger partial charge in [-0.15, -0.1) is 0 Å². The number of rotatable bonds is 5. The molecule has 3 aromatic rings. The lowest BCUT2D eigenvalue weighted by molar-refractivity contribution is -0.138. The van der Waals surface area contributed by atoms with E-state index in [-0.39, 0.29) is 34.6 Å². The van der Waals surface area contributed by atoms with E-state index in [9.17, 15) is 22.8 Å². The van der Waals surface area contributed by atoms with E-state index < -0.39 is 29.3 Å². The lowest BCUT2D eigenvalue weighted by Crippen LogP contribution is -2.58. The Morgan fingerprint density at radius 1 is 1.16 bits per heavy atom. The highest BCUT2D eigenvalue weighted by molar-refractivity contribution is 8.18. The number of aliphatic imine (C=N–C) groups is 1. The van der Waals surface area contributed by atoms with Crippen molar-refractivity contribution in [2.45, 2.75) is 45.0 Å². The number of halogens is 4. The number of carbonyl (C=O) groups is 2. The number of ether oxygens (including phenoxy) is 2. The normalized spacial score (nSPS) is 19.0. The van der Waals surface area contributed by atoms with E-state index in [0.29, 0.717) is 35.9 Å². The molecule has 0 bridgehead atoms. The van der Waals surface area contributed by atoms with Crippen LogP contribution < -0.4 is 0 Å². The summed E-state index contributed by atoms with van der Waals surface area (Å²) in [6.45, 7) is 6.61. The van der Waals surface area contributed by atoms with Gasteiger partial charge in [0.25, 0.3) is 5.91 Å².